The Kier molecular flexibility index (Phi) is 8.39. The van der Waals surface area contributed by atoms with Crippen molar-refractivity contribution in [3.05, 3.63) is 59.7 Å². The van der Waals surface area contributed by atoms with Crippen molar-refractivity contribution < 1.29 is 28.9 Å². The Morgan fingerprint density at radius 1 is 0.613 bits per heavy atom. The van der Waals surface area contributed by atoms with Crippen LogP contribution in [-0.2, 0) is 19.3 Å². The summed E-state index contributed by atoms with van der Waals surface area (Å²) in [6.45, 7) is 5.34. The fraction of sp³-hybridized carbons (Fsp3) is 0.182. The van der Waals surface area contributed by atoms with Gasteiger partial charge in [-0.25, -0.2) is 9.59 Å². The predicted molar refractivity (Wildman–Crippen MR) is 115 cm³/mol. The highest BCUT2D eigenvalue weighted by Crippen LogP contribution is 2.28. The third-order valence-corrected chi connectivity index (χ3v) is 4.76. The number of Topliss-reactive ketones (excluding diaryl/α,β-unsaturated/α-hetero) is 2. The third-order valence-electron chi connectivity index (χ3n) is 3.75. The van der Waals surface area contributed by atoms with Gasteiger partial charge in [0.05, 0.1) is 0 Å². The van der Waals surface area contributed by atoms with Crippen LogP contribution in [0.25, 0.3) is 0 Å². The summed E-state index contributed by atoms with van der Waals surface area (Å²) in [6.07, 6.45) is 0. The van der Waals surface area contributed by atoms with E-state index in [4.69, 9.17) is 0 Å². The lowest BCUT2D eigenvalue weighted by Crippen LogP contribution is -2.11. The zero-order chi connectivity index (χ0) is 23.0. The fourth-order valence-electron chi connectivity index (χ4n) is 2.25. The Balaban J connectivity index is 2.04. The van der Waals surface area contributed by atoms with Crippen LogP contribution in [0.3, 0.4) is 0 Å². The van der Waals surface area contributed by atoms with Crippen LogP contribution in [0.4, 0.5) is 0 Å². The topological polar surface area (TPSA) is 111 Å². The predicted octanol–water partition coefficient (Wildman–Crippen LogP) is 4.08. The lowest BCUT2D eigenvalue weighted by Gasteiger charge is -2.05. The van der Waals surface area contributed by atoms with Crippen molar-refractivity contribution in [2.24, 2.45) is 10.3 Å². The maximum absolute atomic E-state index is 12.3. The molecule has 2 aromatic rings. The molecule has 0 amide bonds. The van der Waals surface area contributed by atoms with Crippen LogP contribution in [0.5, 0.6) is 0 Å². The van der Waals surface area contributed by atoms with Crippen molar-refractivity contribution in [1.82, 2.24) is 0 Å². The SMILES string of the molecule is CC(=O)ON=C(C)C(=O)c1ccc(Sc2ccc(C(=O)C(C)=NOC(C)=O)cc2)cc1. The molecule has 2 aromatic carbocycles. The Bertz CT molecular complexity index is 971. The number of carbonyl (C=O) groups is 4. The molecule has 0 unspecified atom stereocenters. The van der Waals surface area contributed by atoms with Gasteiger partial charge in [-0.05, 0) is 62.4 Å². The first-order valence-corrected chi connectivity index (χ1v) is 9.90. The van der Waals surface area contributed by atoms with Gasteiger partial charge in [-0.15, -0.1) is 0 Å². The molecule has 0 saturated heterocycles. The normalized spacial score (nSPS) is 11.6. The minimum absolute atomic E-state index is 0.0726. The average molecular weight is 440 g/mol. The second-order valence-electron chi connectivity index (χ2n) is 6.33. The third kappa shape index (κ3) is 7.31. The summed E-state index contributed by atoms with van der Waals surface area (Å²) < 4.78 is 0. The van der Waals surface area contributed by atoms with Gasteiger partial charge in [-0.1, -0.05) is 22.1 Å². The maximum atomic E-state index is 12.3. The number of rotatable bonds is 8. The zero-order valence-electron chi connectivity index (χ0n) is 17.4. The van der Waals surface area contributed by atoms with Crippen molar-refractivity contribution >= 4 is 46.7 Å². The van der Waals surface area contributed by atoms with Gasteiger partial charge < -0.3 is 9.68 Å². The molecular weight excluding hydrogens is 420 g/mol. The lowest BCUT2D eigenvalue weighted by atomic mass is 10.1. The smallest absolute Gasteiger partial charge is 0.318 e. The molecule has 0 heterocycles. The fourth-order valence-corrected chi connectivity index (χ4v) is 3.07. The molecule has 0 saturated carbocycles. The van der Waals surface area contributed by atoms with Crippen LogP contribution in [0, 0.1) is 0 Å². The molecule has 2 rings (SSSR count). The molecule has 0 N–H and O–H groups in total. The first-order chi connectivity index (χ1) is 14.7. The van der Waals surface area contributed by atoms with Gasteiger partial charge in [0.1, 0.15) is 11.4 Å². The van der Waals surface area contributed by atoms with Crippen LogP contribution >= 0.6 is 11.8 Å². The van der Waals surface area contributed by atoms with E-state index in [9.17, 15) is 19.2 Å². The van der Waals surface area contributed by atoms with Crippen molar-refractivity contribution in [3.63, 3.8) is 0 Å². The summed E-state index contributed by atoms with van der Waals surface area (Å²) in [5, 5.41) is 6.99. The van der Waals surface area contributed by atoms with E-state index in [1.165, 1.54) is 39.5 Å². The summed E-state index contributed by atoms with van der Waals surface area (Å²) in [5.41, 5.74) is 0.981. The van der Waals surface area contributed by atoms with Crippen molar-refractivity contribution in [1.29, 1.82) is 0 Å². The Morgan fingerprint density at radius 3 is 1.23 bits per heavy atom. The first-order valence-electron chi connectivity index (χ1n) is 9.09. The van der Waals surface area contributed by atoms with Crippen molar-refractivity contribution in [3.8, 4) is 0 Å². The molecule has 8 nitrogen and oxygen atoms in total. The molecule has 0 fully saturated rings. The molecule has 0 bridgehead atoms. The number of ketones is 2. The van der Waals surface area contributed by atoms with Gasteiger partial charge in [-0.3, -0.25) is 9.59 Å². The number of hydrogen-bond acceptors (Lipinski definition) is 9. The molecule has 0 atom stereocenters. The second-order valence-corrected chi connectivity index (χ2v) is 7.48. The maximum Gasteiger partial charge on any atom is 0.331 e. The molecule has 9 heteroatoms. The second kappa shape index (κ2) is 11.0. The molecule has 0 aliphatic carbocycles. The van der Waals surface area contributed by atoms with Gasteiger partial charge in [0, 0.05) is 34.8 Å². The summed E-state index contributed by atoms with van der Waals surface area (Å²) >= 11 is 1.45. The monoisotopic (exact) mass is 440 g/mol. The van der Waals surface area contributed by atoms with E-state index in [0.717, 1.165) is 9.79 Å². The van der Waals surface area contributed by atoms with E-state index in [1.807, 2.05) is 0 Å². The number of hydrogen-bond donors (Lipinski definition) is 0. The minimum atomic E-state index is -0.599. The van der Waals surface area contributed by atoms with E-state index in [-0.39, 0.29) is 23.0 Å². The summed E-state index contributed by atoms with van der Waals surface area (Å²) in [7, 11) is 0. The van der Waals surface area contributed by atoms with Crippen LogP contribution in [0.2, 0.25) is 0 Å². The van der Waals surface area contributed by atoms with Gasteiger partial charge in [0.2, 0.25) is 11.6 Å². The van der Waals surface area contributed by atoms with Crippen LogP contribution in [0.15, 0.2) is 68.6 Å². The highest BCUT2D eigenvalue weighted by atomic mass is 32.2. The average Bonchev–Trinajstić information content (AvgIpc) is 2.75. The number of nitrogens with zero attached hydrogens (tertiary/aromatic N) is 2. The summed E-state index contributed by atoms with van der Waals surface area (Å²) in [5.74, 6) is -1.88. The molecule has 0 aromatic heterocycles. The Hall–Kier alpha value is -3.59. The quantitative estimate of drug-likeness (QED) is 0.263. The number of benzene rings is 2. The van der Waals surface area contributed by atoms with Crippen LogP contribution in [-0.4, -0.2) is 34.9 Å². The highest BCUT2D eigenvalue weighted by Gasteiger charge is 2.13. The van der Waals surface area contributed by atoms with E-state index in [1.54, 1.807) is 48.5 Å². The van der Waals surface area contributed by atoms with Gasteiger partial charge in [0.15, 0.2) is 0 Å². The highest BCUT2D eigenvalue weighted by molar-refractivity contribution is 7.99. The minimum Gasteiger partial charge on any atom is -0.318 e. The van der Waals surface area contributed by atoms with Crippen LogP contribution < -0.4 is 0 Å². The largest absolute Gasteiger partial charge is 0.331 e. The molecule has 0 aliphatic heterocycles. The van der Waals surface area contributed by atoms with E-state index in [0.29, 0.717) is 11.1 Å². The lowest BCUT2D eigenvalue weighted by molar-refractivity contribution is -0.141. The Morgan fingerprint density at radius 2 is 0.935 bits per heavy atom. The molecule has 160 valence electrons. The summed E-state index contributed by atoms with van der Waals surface area (Å²) in [4.78, 5) is 56.9. The molecular formula is C22H20N2O6S. The Labute approximate surface area is 183 Å². The van der Waals surface area contributed by atoms with Crippen LogP contribution in [0.1, 0.15) is 48.4 Å². The van der Waals surface area contributed by atoms with E-state index < -0.39 is 11.9 Å². The molecule has 0 radical (unpaired) electrons. The van der Waals surface area contributed by atoms with Crippen molar-refractivity contribution in [2.75, 3.05) is 0 Å². The summed E-state index contributed by atoms with van der Waals surface area (Å²) in [6, 6.07) is 13.8. The zero-order valence-corrected chi connectivity index (χ0v) is 18.2. The van der Waals surface area contributed by atoms with Gasteiger partial charge in [0.25, 0.3) is 0 Å². The standard InChI is InChI=1S/C22H20N2O6S/c1-13(23-29-15(3)25)21(27)17-5-9-19(10-6-17)31-20-11-7-18(8-12-20)22(28)14(2)24-30-16(4)26/h5-12H,1-4H3. The molecule has 31 heavy (non-hydrogen) atoms. The van der Waals surface area contributed by atoms with Crippen molar-refractivity contribution in [2.45, 2.75) is 37.5 Å². The number of carbonyl (C=O) groups excluding carboxylic acids is 4. The van der Waals surface area contributed by atoms with E-state index in [2.05, 4.69) is 20.0 Å². The number of oxime groups is 2. The first kappa shape index (κ1) is 23.7. The van der Waals surface area contributed by atoms with Gasteiger partial charge in [-0.2, -0.15) is 0 Å². The molecule has 0 spiro atoms. The van der Waals surface area contributed by atoms with E-state index >= 15 is 0 Å². The molecule has 0 aliphatic rings. The van der Waals surface area contributed by atoms with Gasteiger partial charge >= 0.3 is 11.9 Å².